The Morgan fingerprint density at radius 3 is 2.50 bits per heavy atom. The van der Waals surface area contributed by atoms with Gasteiger partial charge in [0.1, 0.15) is 0 Å². The number of hydrogen-bond acceptors (Lipinski definition) is 3. The average Bonchev–Trinajstić information content (AvgIpc) is 2.76. The number of fused-ring (bicyclic) bond motifs is 1. The van der Waals surface area contributed by atoms with Gasteiger partial charge in [0.2, 0.25) is 0 Å². The number of ether oxygens (including phenoxy) is 1. The minimum Gasteiger partial charge on any atom is -0.465 e. The Morgan fingerprint density at radius 2 is 2.00 bits per heavy atom. The van der Waals surface area contributed by atoms with Gasteiger partial charge in [-0.15, -0.1) is 0 Å². The lowest BCUT2D eigenvalue weighted by Gasteiger charge is -2.07. The highest BCUT2D eigenvalue weighted by molar-refractivity contribution is 5.95. The van der Waals surface area contributed by atoms with Crippen LogP contribution in [-0.4, -0.2) is 22.9 Å². The zero-order chi connectivity index (χ0) is 15.1. The normalized spacial score (nSPS) is 12.2. The summed E-state index contributed by atoms with van der Waals surface area (Å²) in [5, 5.41) is 3.52. The van der Waals surface area contributed by atoms with Crippen LogP contribution in [0.5, 0.6) is 0 Å². The number of esters is 1. The molecule has 0 saturated carbocycles. The summed E-state index contributed by atoms with van der Waals surface area (Å²) in [6.07, 6.45) is -4.58. The van der Waals surface area contributed by atoms with Crippen LogP contribution in [0.1, 0.15) is 35.9 Å². The minimum absolute atomic E-state index is 0.0637. The summed E-state index contributed by atoms with van der Waals surface area (Å²) in [7, 11) is 1.18. The molecule has 0 atom stereocenters. The minimum atomic E-state index is -4.58. The van der Waals surface area contributed by atoms with Crippen LogP contribution in [0.3, 0.4) is 0 Å². The van der Waals surface area contributed by atoms with E-state index in [-0.39, 0.29) is 17.0 Å². The Kier molecular flexibility index (Phi) is 3.45. The van der Waals surface area contributed by atoms with Crippen LogP contribution in [0, 0.1) is 0 Å². The van der Waals surface area contributed by atoms with Crippen LogP contribution in [0.25, 0.3) is 10.9 Å². The molecule has 0 amide bonds. The van der Waals surface area contributed by atoms with Crippen molar-refractivity contribution in [2.45, 2.75) is 26.1 Å². The quantitative estimate of drug-likeness (QED) is 0.794. The number of nitrogens with zero attached hydrogens (tertiary/aromatic N) is 2. The van der Waals surface area contributed by atoms with Crippen LogP contribution < -0.4 is 0 Å². The molecule has 1 aromatic carbocycles. The molecule has 0 saturated heterocycles. The Hall–Kier alpha value is -2.05. The molecule has 1 aromatic heterocycles. The lowest BCUT2D eigenvalue weighted by molar-refractivity contribution is -0.140. The smallest absolute Gasteiger partial charge is 0.435 e. The predicted molar refractivity (Wildman–Crippen MR) is 66.5 cm³/mol. The second-order valence-electron chi connectivity index (χ2n) is 4.61. The van der Waals surface area contributed by atoms with Crippen molar-refractivity contribution in [1.82, 2.24) is 9.78 Å². The summed E-state index contributed by atoms with van der Waals surface area (Å²) >= 11 is 0. The molecule has 0 spiro atoms. The van der Waals surface area contributed by atoms with E-state index in [0.717, 1.165) is 6.07 Å². The zero-order valence-corrected chi connectivity index (χ0v) is 11.2. The summed E-state index contributed by atoms with van der Waals surface area (Å²) < 4.78 is 44.9. The maximum absolute atomic E-state index is 13.0. The second-order valence-corrected chi connectivity index (χ2v) is 4.61. The monoisotopic (exact) mass is 286 g/mol. The molecular formula is C13H13F3N2O2. The van der Waals surface area contributed by atoms with E-state index in [1.165, 1.54) is 23.9 Å². The van der Waals surface area contributed by atoms with Crippen molar-refractivity contribution in [3.63, 3.8) is 0 Å². The predicted octanol–water partition coefficient (Wildman–Crippen LogP) is 3.42. The molecule has 0 aliphatic carbocycles. The molecular weight excluding hydrogens is 273 g/mol. The largest absolute Gasteiger partial charge is 0.465 e. The summed E-state index contributed by atoms with van der Waals surface area (Å²) in [5.74, 6) is -0.683. The Balaban J connectivity index is 2.75. The van der Waals surface area contributed by atoms with Crippen LogP contribution in [0.4, 0.5) is 13.2 Å². The van der Waals surface area contributed by atoms with E-state index in [9.17, 15) is 18.0 Å². The molecule has 20 heavy (non-hydrogen) atoms. The first-order valence-corrected chi connectivity index (χ1v) is 5.93. The molecule has 7 heteroatoms. The number of alkyl halides is 3. The fraction of sp³-hybridized carbons (Fsp3) is 0.385. The molecule has 0 fully saturated rings. The van der Waals surface area contributed by atoms with Crippen molar-refractivity contribution in [3.05, 3.63) is 29.5 Å². The fourth-order valence-electron chi connectivity index (χ4n) is 1.99. The maximum atomic E-state index is 13.0. The second kappa shape index (κ2) is 4.81. The highest BCUT2D eigenvalue weighted by Gasteiger charge is 2.37. The van der Waals surface area contributed by atoms with Crippen LogP contribution in [0.15, 0.2) is 18.2 Å². The summed E-state index contributed by atoms with van der Waals surface area (Å²) in [6, 6.07) is 3.81. The Labute approximate surface area is 113 Å². The van der Waals surface area contributed by atoms with Crippen molar-refractivity contribution in [2.75, 3.05) is 7.11 Å². The molecule has 2 rings (SSSR count). The molecule has 0 N–H and O–H groups in total. The number of carbonyl (C=O) groups is 1. The molecule has 0 bridgehead atoms. The lowest BCUT2D eigenvalue weighted by Crippen LogP contribution is -2.09. The first kappa shape index (κ1) is 14.4. The molecule has 0 aliphatic heterocycles. The van der Waals surface area contributed by atoms with E-state index in [1.807, 2.05) is 0 Å². The third-order valence-electron chi connectivity index (χ3n) is 2.88. The number of carbonyl (C=O) groups excluding carboxylic acids is 1. The number of rotatable bonds is 2. The van der Waals surface area contributed by atoms with Gasteiger partial charge in [0.05, 0.1) is 18.2 Å². The van der Waals surface area contributed by atoms with Gasteiger partial charge in [-0.1, -0.05) is 0 Å². The van der Waals surface area contributed by atoms with Crippen LogP contribution in [-0.2, 0) is 10.9 Å². The van der Waals surface area contributed by atoms with Gasteiger partial charge in [-0.2, -0.15) is 18.3 Å². The van der Waals surface area contributed by atoms with E-state index in [1.54, 1.807) is 13.8 Å². The highest BCUT2D eigenvalue weighted by atomic mass is 19.4. The SMILES string of the molecule is COC(=O)c1ccc2c(c1)c(C(F)(F)F)nn2C(C)C. The van der Waals surface area contributed by atoms with Gasteiger partial charge in [-0.05, 0) is 32.0 Å². The van der Waals surface area contributed by atoms with Crippen molar-refractivity contribution >= 4 is 16.9 Å². The maximum Gasteiger partial charge on any atom is 0.435 e. The highest BCUT2D eigenvalue weighted by Crippen LogP contribution is 2.35. The Morgan fingerprint density at radius 1 is 1.35 bits per heavy atom. The van der Waals surface area contributed by atoms with Gasteiger partial charge in [0, 0.05) is 11.4 Å². The lowest BCUT2D eigenvalue weighted by atomic mass is 10.1. The Bertz CT molecular complexity index is 659. The molecule has 0 radical (unpaired) electrons. The van der Waals surface area contributed by atoms with Crippen molar-refractivity contribution < 1.29 is 22.7 Å². The number of halogens is 3. The topological polar surface area (TPSA) is 44.1 Å². The number of benzene rings is 1. The third kappa shape index (κ3) is 2.35. The molecule has 4 nitrogen and oxygen atoms in total. The molecule has 0 unspecified atom stereocenters. The van der Waals surface area contributed by atoms with E-state index < -0.39 is 17.8 Å². The van der Waals surface area contributed by atoms with Crippen molar-refractivity contribution in [1.29, 1.82) is 0 Å². The number of hydrogen-bond donors (Lipinski definition) is 0. The molecule has 2 aromatic rings. The zero-order valence-electron chi connectivity index (χ0n) is 11.2. The average molecular weight is 286 g/mol. The first-order chi connectivity index (χ1) is 9.25. The number of methoxy groups -OCH3 is 1. The van der Waals surface area contributed by atoms with Crippen LogP contribution in [0.2, 0.25) is 0 Å². The summed E-state index contributed by atoms with van der Waals surface area (Å²) in [6.45, 7) is 3.47. The summed E-state index contributed by atoms with van der Waals surface area (Å²) in [4.78, 5) is 11.4. The standard InChI is InChI=1S/C13H13F3N2O2/c1-7(2)18-10-5-4-8(12(19)20-3)6-9(10)11(17-18)13(14,15)16/h4-7H,1-3H3. The van der Waals surface area contributed by atoms with Gasteiger partial charge in [0.15, 0.2) is 5.69 Å². The van der Waals surface area contributed by atoms with Crippen molar-refractivity contribution in [2.24, 2.45) is 0 Å². The van der Waals surface area contributed by atoms with E-state index in [0.29, 0.717) is 5.52 Å². The van der Waals surface area contributed by atoms with Gasteiger partial charge < -0.3 is 4.74 Å². The van der Waals surface area contributed by atoms with Gasteiger partial charge in [-0.3, -0.25) is 4.68 Å². The van der Waals surface area contributed by atoms with Gasteiger partial charge in [0.25, 0.3) is 0 Å². The van der Waals surface area contributed by atoms with Crippen LogP contribution >= 0.6 is 0 Å². The van der Waals surface area contributed by atoms with Crippen molar-refractivity contribution in [3.8, 4) is 0 Å². The molecule has 108 valence electrons. The fourth-order valence-corrected chi connectivity index (χ4v) is 1.99. The number of aromatic nitrogens is 2. The van der Waals surface area contributed by atoms with Gasteiger partial charge >= 0.3 is 12.1 Å². The van der Waals surface area contributed by atoms with E-state index >= 15 is 0 Å². The van der Waals surface area contributed by atoms with E-state index in [4.69, 9.17) is 0 Å². The first-order valence-electron chi connectivity index (χ1n) is 5.93. The third-order valence-corrected chi connectivity index (χ3v) is 2.88. The molecule has 1 heterocycles. The van der Waals surface area contributed by atoms with Gasteiger partial charge in [-0.25, -0.2) is 4.79 Å². The summed E-state index contributed by atoms with van der Waals surface area (Å²) in [5.41, 5.74) is -0.597. The van der Waals surface area contributed by atoms with E-state index in [2.05, 4.69) is 9.84 Å². The molecule has 0 aliphatic rings.